The lowest BCUT2D eigenvalue weighted by atomic mass is 9.48. The maximum Gasteiger partial charge on any atom is 0.314 e. The highest BCUT2D eigenvalue weighted by atomic mass is 32.2. The maximum absolute atomic E-state index is 12.0. The minimum absolute atomic E-state index is 0.150. The predicted molar refractivity (Wildman–Crippen MR) is 64.4 cm³/mol. The van der Waals surface area contributed by atoms with Crippen molar-refractivity contribution >= 4 is 17.7 Å². The predicted octanol–water partition coefficient (Wildman–Crippen LogP) is 1.83. The highest BCUT2D eigenvalue weighted by Crippen LogP contribution is 2.62. The van der Waals surface area contributed by atoms with Gasteiger partial charge in [-0.05, 0) is 30.4 Å². The molecule has 1 atom stereocenters. The number of hydrogen-bond donors (Lipinski definition) is 1. The Morgan fingerprint density at radius 3 is 2.38 bits per heavy atom. The maximum atomic E-state index is 12.0. The summed E-state index contributed by atoms with van der Waals surface area (Å²) in [6, 6.07) is 0. The van der Waals surface area contributed by atoms with Gasteiger partial charge in [0.2, 0.25) is 0 Å². The third-order valence-corrected chi connectivity index (χ3v) is 5.20. The van der Waals surface area contributed by atoms with Gasteiger partial charge in [0, 0.05) is 5.75 Å². The second-order valence-electron chi connectivity index (χ2n) is 5.93. The fraction of sp³-hybridized carbons (Fsp3) is 0.917. The Hall–Kier alpha value is -0.220. The molecule has 1 aliphatic heterocycles. The lowest BCUT2D eigenvalue weighted by molar-refractivity contribution is -0.202. The highest BCUT2D eigenvalue weighted by molar-refractivity contribution is 7.99. The van der Waals surface area contributed by atoms with E-state index in [0.717, 1.165) is 18.6 Å². The molecule has 1 heterocycles. The van der Waals surface area contributed by atoms with Gasteiger partial charge < -0.3 is 9.84 Å². The number of thioether (sulfide) groups is 1. The first-order valence-corrected chi connectivity index (χ1v) is 6.89. The molecule has 0 amide bonds. The van der Waals surface area contributed by atoms with Crippen LogP contribution < -0.4 is 0 Å². The molecule has 2 fully saturated rings. The van der Waals surface area contributed by atoms with Crippen molar-refractivity contribution in [1.82, 2.24) is 0 Å². The molecule has 2 aliphatic rings. The van der Waals surface area contributed by atoms with E-state index in [1.165, 1.54) is 7.11 Å². The van der Waals surface area contributed by atoms with Crippen LogP contribution in [-0.2, 0) is 9.53 Å². The zero-order valence-corrected chi connectivity index (χ0v) is 11.0. The van der Waals surface area contributed by atoms with Gasteiger partial charge in [-0.3, -0.25) is 4.79 Å². The van der Waals surface area contributed by atoms with Crippen molar-refractivity contribution < 1.29 is 14.6 Å². The molecule has 0 aromatic heterocycles. The summed E-state index contributed by atoms with van der Waals surface area (Å²) in [5.74, 6) is 1.38. The Bertz CT molecular complexity index is 297. The van der Waals surface area contributed by atoms with Gasteiger partial charge in [-0.15, -0.1) is 0 Å². The molecule has 92 valence electrons. The van der Waals surface area contributed by atoms with E-state index in [1.54, 1.807) is 11.8 Å². The summed E-state index contributed by atoms with van der Waals surface area (Å²) >= 11 is 1.73. The van der Waals surface area contributed by atoms with Crippen molar-refractivity contribution in [2.24, 2.45) is 10.8 Å². The van der Waals surface area contributed by atoms with Crippen LogP contribution in [-0.4, -0.2) is 35.3 Å². The molecule has 0 aromatic rings. The molecule has 2 rings (SSSR count). The normalized spacial score (nSPS) is 35.5. The van der Waals surface area contributed by atoms with Gasteiger partial charge in [0.25, 0.3) is 0 Å². The van der Waals surface area contributed by atoms with Gasteiger partial charge >= 0.3 is 5.97 Å². The monoisotopic (exact) mass is 244 g/mol. The zero-order valence-electron chi connectivity index (χ0n) is 10.2. The van der Waals surface area contributed by atoms with Crippen molar-refractivity contribution in [3.63, 3.8) is 0 Å². The zero-order chi connectivity index (χ0) is 12.0. The molecule has 0 aromatic carbocycles. The van der Waals surface area contributed by atoms with Crippen molar-refractivity contribution in [2.75, 3.05) is 18.6 Å². The average Bonchev–Trinajstić information content (AvgIpc) is 2.61. The molecule has 3 nitrogen and oxygen atoms in total. The number of esters is 1. The van der Waals surface area contributed by atoms with Gasteiger partial charge in [-0.25, -0.2) is 0 Å². The number of ether oxygens (including phenoxy) is 1. The van der Waals surface area contributed by atoms with E-state index in [-0.39, 0.29) is 11.4 Å². The first-order valence-electron chi connectivity index (χ1n) is 5.74. The molecule has 1 N–H and O–H groups in total. The van der Waals surface area contributed by atoms with Crippen LogP contribution in [0.4, 0.5) is 0 Å². The lowest BCUT2D eigenvalue weighted by Crippen LogP contribution is -2.63. The largest absolute Gasteiger partial charge is 0.469 e. The average molecular weight is 244 g/mol. The smallest absolute Gasteiger partial charge is 0.314 e. The van der Waals surface area contributed by atoms with Gasteiger partial charge in [0.1, 0.15) is 0 Å². The molecule has 1 aliphatic carbocycles. The molecule has 1 saturated heterocycles. The van der Waals surface area contributed by atoms with Crippen LogP contribution in [0, 0.1) is 10.8 Å². The lowest BCUT2D eigenvalue weighted by Gasteiger charge is -2.57. The van der Waals surface area contributed by atoms with Gasteiger partial charge in [0.05, 0.1) is 18.1 Å². The molecular weight excluding hydrogens is 224 g/mol. The van der Waals surface area contributed by atoms with Crippen LogP contribution in [0.15, 0.2) is 0 Å². The fourth-order valence-electron chi connectivity index (χ4n) is 3.37. The number of aliphatic hydroxyl groups is 1. The third kappa shape index (κ3) is 1.58. The highest BCUT2D eigenvalue weighted by Gasteiger charge is 2.66. The Kier molecular flexibility index (Phi) is 2.78. The van der Waals surface area contributed by atoms with E-state index in [9.17, 15) is 9.90 Å². The Morgan fingerprint density at radius 1 is 1.38 bits per heavy atom. The summed E-state index contributed by atoms with van der Waals surface area (Å²) in [7, 11) is 1.42. The second kappa shape index (κ2) is 3.64. The van der Waals surface area contributed by atoms with E-state index in [1.807, 2.05) is 0 Å². The summed E-state index contributed by atoms with van der Waals surface area (Å²) in [5.41, 5.74) is -1.34. The summed E-state index contributed by atoms with van der Waals surface area (Å²) in [6.07, 6.45) is 2.19. The number of carbonyl (C=O) groups is 1. The van der Waals surface area contributed by atoms with Crippen LogP contribution in [0.2, 0.25) is 0 Å². The Morgan fingerprint density at radius 2 is 2.00 bits per heavy atom. The third-order valence-electron chi connectivity index (χ3n) is 4.03. The van der Waals surface area contributed by atoms with E-state index in [4.69, 9.17) is 4.74 Å². The minimum Gasteiger partial charge on any atom is -0.469 e. The molecule has 1 saturated carbocycles. The first-order chi connectivity index (χ1) is 7.35. The molecular formula is C12H20O3S. The van der Waals surface area contributed by atoms with Crippen LogP contribution in [0.25, 0.3) is 0 Å². The van der Waals surface area contributed by atoms with Crippen molar-refractivity contribution in [1.29, 1.82) is 0 Å². The van der Waals surface area contributed by atoms with E-state index < -0.39 is 11.0 Å². The molecule has 0 spiro atoms. The number of carbonyl (C=O) groups excluding carboxylic acids is 1. The van der Waals surface area contributed by atoms with Crippen molar-refractivity contribution in [2.45, 2.75) is 38.7 Å². The quantitative estimate of drug-likeness (QED) is 0.753. The standard InChI is InChI=1S/C12H20O3S/c1-10(2)6-11(7-10,9(13)15-3)12(14)4-5-16-8-12/h14H,4-8H2,1-3H3. The van der Waals surface area contributed by atoms with E-state index in [2.05, 4.69) is 13.8 Å². The van der Waals surface area contributed by atoms with E-state index in [0.29, 0.717) is 12.2 Å². The SMILES string of the molecule is COC(=O)C1(C2(O)CCSC2)CC(C)(C)C1. The summed E-state index contributed by atoms with van der Waals surface area (Å²) in [5, 5.41) is 10.7. The Labute approximate surface area is 101 Å². The molecule has 1 unspecified atom stereocenters. The van der Waals surface area contributed by atoms with Crippen molar-refractivity contribution in [3.8, 4) is 0 Å². The van der Waals surface area contributed by atoms with Gasteiger partial charge in [0.15, 0.2) is 0 Å². The fourth-order valence-corrected chi connectivity index (χ4v) is 4.76. The van der Waals surface area contributed by atoms with Crippen LogP contribution in [0.3, 0.4) is 0 Å². The van der Waals surface area contributed by atoms with Crippen LogP contribution in [0.5, 0.6) is 0 Å². The van der Waals surface area contributed by atoms with Crippen LogP contribution >= 0.6 is 11.8 Å². The van der Waals surface area contributed by atoms with Gasteiger partial charge in [-0.1, -0.05) is 13.8 Å². The summed E-state index contributed by atoms with van der Waals surface area (Å²) in [4.78, 5) is 12.0. The van der Waals surface area contributed by atoms with Crippen molar-refractivity contribution in [3.05, 3.63) is 0 Å². The number of rotatable bonds is 2. The number of hydrogen-bond acceptors (Lipinski definition) is 4. The molecule has 16 heavy (non-hydrogen) atoms. The number of methoxy groups -OCH3 is 1. The minimum atomic E-state index is -0.847. The summed E-state index contributed by atoms with van der Waals surface area (Å²) < 4.78 is 4.92. The molecule has 4 heteroatoms. The molecule has 0 radical (unpaired) electrons. The first kappa shape index (κ1) is 12.2. The summed E-state index contributed by atoms with van der Waals surface area (Å²) in [6.45, 7) is 4.28. The van der Waals surface area contributed by atoms with E-state index >= 15 is 0 Å². The van der Waals surface area contributed by atoms with Crippen LogP contribution in [0.1, 0.15) is 33.1 Å². The Balaban J connectivity index is 2.26. The van der Waals surface area contributed by atoms with Gasteiger partial charge in [-0.2, -0.15) is 11.8 Å². The second-order valence-corrected chi connectivity index (χ2v) is 7.03. The molecule has 0 bridgehead atoms. The topological polar surface area (TPSA) is 46.5 Å².